The first kappa shape index (κ1) is 18.5. The highest BCUT2D eigenvalue weighted by atomic mass is 35.5. The van der Waals surface area contributed by atoms with Crippen LogP contribution in [0.5, 0.6) is 0 Å². The van der Waals surface area contributed by atoms with Crippen molar-refractivity contribution >= 4 is 29.1 Å². The molecule has 1 aromatic carbocycles. The lowest BCUT2D eigenvalue weighted by Crippen LogP contribution is -2.45. The Hall–Kier alpha value is -0.810. The molecule has 0 aromatic heterocycles. The molecule has 128 valence electrons. The molecule has 1 heterocycles. The van der Waals surface area contributed by atoms with Crippen LogP contribution in [0.25, 0.3) is 0 Å². The van der Waals surface area contributed by atoms with Gasteiger partial charge in [-0.05, 0) is 50.0 Å². The predicted octanol–water partition coefficient (Wildman–Crippen LogP) is 2.68. The first-order chi connectivity index (χ1) is 10.9. The molecule has 1 saturated heterocycles. The molecule has 2 rings (SSSR count). The van der Waals surface area contributed by atoms with E-state index in [0.29, 0.717) is 16.6 Å². The van der Waals surface area contributed by atoms with Crippen LogP contribution < -0.4 is 10.6 Å². The Kier molecular flexibility index (Phi) is 6.72. The van der Waals surface area contributed by atoms with Crippen molar-refractivity contribution in [3.63, 3.8) is 0 Å². The summed E-state index contributed by atoms with van der Waals surface area (Å²) in [4.78, 5) is 13.2. The third kappa shape index (κ3) is 4.83. The van der Waals surface area contributed by atoms with Crippen LogP contribution in [-0.4, -0.2) is 51.1 Å². The third-order valence-electron chi connectivity index (χ3n) is 4.56. The summed E-state index contributed by atoms with van der Waals surface area (Å²) < 4.78 is 0. The number of carbonyl (C=O) groups is 1. The van der Waals surface area contributed by atoms with Gasteiger partial charge in [0.05, 0.1) is 16.6 Å². The van der Waals surface area contributed by atoms with Crippen molar-refractivity contribution < 1.29 is 4.79 Å². The SMILES string of the molecule is CN(C)C(=O)CNCCC1(c2ccc(Cl)c(Cl)c2)CCCNC1. The van der Waals surface area contributed by atoms with Gasteiger partial charge in [-0.3, -0.25) is 4.79 Å². The molecule has 1 aliphatic rings. The van der Waals surface area contributed by atoms with E-state index in [9.17, 15) is 4.79 Å². The van der Waals surface area contributed by atoms with Gasteiger partial charge in [-0.1, -0.05) is 29.3 Å². The maximum Gasteiger partial charge on any atom is 0.236 e. The van der Waals surface area contributed by atoms with Crippen LogP contribution in [0.15, 0.2) is 18.2 Å². The molecule has 1 fully saturated rings. The summed E-state index contributed by atoms with van der Waals surface area (Å²) in [5.74, 6) is 0.0929. The minimum Gasteiger partial charge on any atom is -0.348 e. The summed E-state index contributed by atoms with van der Waals surface area (Å²) in [6, 6.07) is 5.94. The van der Waals surface area contributed by atoms with Gasteiger partial charge >= 0.3 is 0 Å². The molecule has 2 N–H and O–H groups in total. The number of nitrogens with one attached hydrogen (secondary N) is 2. The van der Waals surface area contributed by atoms with Crippen molar-refractivity contribution in [1.82, 2.24) is 15.5 Å². The van der Waals surface area contributed by atoms with E-state index in [-0.39, 0.29) is 11.3 Å². The molecule has 1 aromatic rings. The Bertz CT molecular complexity index is 543. The second-order valence-corrected chi connectivity index (χ2v) is 7.22. The van der Waals surface area contributed by atoms with Gasteiger partial charge < -0.3 is 15.5 Å². The van der Waals surface area contributed by atoms with E-state index in [1.54, 1.807) is 19.0 Å². The normalized spacial score (nSPS) is 21.2. The second-order valence-electron chi connectivity index (χ2n) is 6.40. The topological polar surface area (TPSA) is 44.4 Å². The van der Waals surface area contributed by atoms with Gasteiger partial charge in [0.25, 0.3) is 0 Å². The van der Waals surface area contributed by atoms with E-state index < -0.39 is 0 Å². The molecule has 4 nitrogen and oxygen atoms in total. The average Bonchev–Trinajstić information content (AvgIpc) is 2.54. The number of hydrogen-bond donors (Lipinski definition) is 2. The maximum atomic E-state index is 11.6. The summed E-state index contributed by atoms with van der Waals surface area (Å²) in [5, 5.41) is 7.94. The first-order valence-electron chi connectivity index (χ1n) is 8.02. The van der Waals surface area contributed by atoms with Gasteiger partial charge in [0, 0.05) is 26.1 Å². The van der Waals surface area contributed by atoms with Crippen molar-refractivity contribution in [3.05, 3.63) is 33.8 Å². The monoisotopic (exact) mass is 357 g/mol. The molecular formula is C17H25Cl2N3O. The quantitative estimate of drug-likeness (QED) is 0.769. The number of likely N-dealkylation sites (N-methyl/N-ethyl adjacent to an activating group) is 1. The zero-order valence-corrected chi connectivity index (χ0v) is 15.3. The number of halogens is 2. The lowest BCUT2D eigenvalue weighted by molar-refractivity contribution is -0.127. The van der Waals surface area contributed by atoms with Crippen LogP contribution in [0, 0.1) is 0 Å². The fourth-order valence-electron chi connectivity index (χ4n) is 3.08. The van der Waals surface area contributed by atoms with Crippen LogP contribution >= 0.6 is 23.2 Å². The Labute approximate surface area is 148 Å². The minimum atomic E-state index is 0.0423. The molecule has 1 unspecified atom stereocenters. The van der Waals surface area contributed by atoms with E-state index in [1.165, 1.54) is 5.56 Å². The van der Waals surface area contributed by atoms with Crippen LogP contribution in [-0.2, 0) is 10.2 Å². The highest BCUT2D eigenvalue weighted by Crippen LogP contribution is 2.37. The van der Waals surface area contributed by atoms with Crippen molar-refractivity contribution in [2.45, 2.75) is 24.7 Å². The van der Waals surface area contributed by atoms with Crippen molar-refractivity contribution in [3.8, 4) is 0 Å². The van der Waals surface area contributed by atoms with Gasteiger partial charge in [0.1, 0.15) is 0 Å². The second kappa shape index (κ2) is 8.34. The fourth-order valence-corrected chi connectivity index (χ4v) is 3.38. The van der Waals surface area contributed by atoms with Gasteiger partial charge in [0.2, 0.25) is 5.91 Å². The molecule has 6 heteroatoms. The third-order valence-corrected chi connectivity index (χ3v) is 5.30. The molecule has 0 saturated carbocycles. The van der Waals surface area contributed by atoms with E-state index >= 15 is 0 Å². The number of hydrogen-bond acceptors (Lipinski definition) is 3. The van der Waals surface area contributed by atoms with Gasteiger partial charge in [-0.15, -0.1) is 0 Å². The maximum absolute atomic E-state index is 11.6. The van der Waals surface area contributed by atoms with Crippen LogP contribution in [0.1, 0.15) is 24.8 Å². The number of rotatable bonds is 6. The van der Waals surface area contributed by atoms with Crippen molar-refractivity contribution in [1.29, 1.82) is 0 Å². The molecule has 0 spiro atoms. The number of benzene rings is 1. The number of amides is 1. The highest BCUT2D eigenvalue weighted by Gasteiger charge is 2.33. The summed E-state index contributed by atoms with van der Waals surface area (Å²) >= 11 is 12.3. The zero-order valence-electron chi connectivity index (χ0n) is 13.8. The van der Waals surface area contributed by atoms with E-state index in [1.807, 2.05) is 12.1 Å². The Morgan fingerprint density at radius 1 is 1.35 bits per heavy atom. The molecule has 1 amide bonds. The van der Waals surface area contributed by atoms with Crippen molar-refractivity contribution in [2.24, 2.45) is 0 Å². The molecule has 1 atom stereocenters. The smallest absolute Gasteiger partial charge is 0.236 e. The van der Waals surface area contributed by atoms with Gasteiger partial charge in [-0.2, -0.15) is 0 Å². The standard InChI is InChI=1S/C17H25Cl2N3O/c1-22(2)16(23)11-20-9-7-17(6-3-8-21-12-17)13-4-5-14(18)15(19)10-13/h4-5,10,20-21H,3,6-9,11-12H2,1-2H3. The molecule has 23 heavy (non-hydrogen) atoms. The number of piperidine rings is 1. The highest BCUT2D eigenvalue weighted by molar-refractivity contribution is 6.42. The minimum absolute atomic E-state index is 0.0423. The molecule has 1 aliphatic heterocycles. The predicted molar refractivity (Wildman–Crippen MR) is 96.4 cm³/mol. The molecular weight excluding hydrogens is 333 g/mol. The molecule has 0 bridgehead atoms. The fraction of sp³-hybridized carbons (Fsp3) is 0.588. The first-order valence-corrected chi connectivity index (χ1v) is 8.77. The average molecular weight is 358 g/mol. The van der Waals surface area contributed by atoms with E-state index in [2.05, 4.69) is 16.7 Å². The summed E-state index contributed by atoms with van der Waals surface area (Å²) in [6.07, 6.45) is 3.21. The Balaban J connectivity index is 2.04. The van der Waals surface area contributed by atoms with Crippen LogP contribution in [0.4, 0.5) is 0 Å². The zero-order chi connectivity index (χ0) is 16.9. The summed E-state index contributed by atoms with van der Waals surface area (Å²) in [5.41, 5.74) is 1.26. The van der Waals surface area contributed by atoms with Gasteiger partial charge in [-0.25, -0.2) is 0 Å². The molecule has 0 aliphatic carbocycles. The summed E-state index contributed by atoms with van der Waals surface area (Å²) in [7, 11) is 3.54. The van der Waals surface area contributed by atoms with E-state index in [0.717, 1.165) is 38.9 Å². The lowest BCUT2D eigenvalue weighted by atomic mass is 9.72. The van der Waals surface area contributed by atoms with Crippen molar-refractivity contribution in [2.75, 3.05) is 40.3 Å². The van der Waals surface area contributed by atoms with Gasteiger partial charge in [0.15, 0.2) is 0 Å². The van der Waals surface area contributed by atoms with E-state index in [4.69, 9.17) is 23.2 Å². The number of carbonyl (C=O) groups excluding carboxylic acids is 1. The Morgan fingerprint density at radius 2 is 2.13 bits per heavy atom. The lowest BCUT2D eigenvalue weighted by Gasteiger charge is -2.38. The summed E-state index contributed by atoms with van der Waals surface area (Å²) in [6.45, 7) is 3.14. The van der Waals surface area contributed by atoms with Crippen LogP contribution in [0.3, 0.4) is 0 Å². The van der Waals surface area contributed by atoms with Crippen LogP contribution in [0.2, 0.25) is 10.0 Å². The number of nitrogens with zero attached hydrogens (tertiary/aromatic N) is 1. The largest absolute Gasteiger partial charge is 0.348 e. The molecule has 0 radical (unpaired) electrons. The Morgan fingerprint density at radius 3 is 2.74 bits per heavy atom.